The van der Waals surface area contributed by atoms with Crippen LogP contribution in [0.15, 0.2) is 35.1 Å². The smallest absolute Gasteiger partial charge is 0.256 e. The molecule has 0 spiro atoms. The highest BCUT2D eigenvalue weighted by Gasteiger charge is 2.17. The molecule has 0 fully saturated rings. The molecule has 0 saturated heterocycles. The summed E-state index contributed by atoms with van der Waals surface area (Å²) in [6.07, 6.45) is 0. The fraction of sp³-hybridized carbons (Fsp3) is 0.0714. The van der Waals surface area contributed by atoms with Gasteiger partial charge in [-0.15, -0.1) is 0 Å². The number of hydrogen-bond acceptors (Lipinski definition) is 4. The monoisotopic (exact) mass is 255 g/mol. The molecule has 2 aromatic carbocycles. The summed E-state index contributed by atoms with van der Waals surface area (Å²) in [5.74, 6) is 1.23. The van der Waals surface area contributed by atoms with Crippen molar-refractivity contribution in [2.24, 2.45) is 0 Å². The number of aromatic nitrogens is 1. The summed E-state index contributed by atoms with van der Waals surface area (Å²) in [5.41, 5.74) is 0.168. The molecule has 2 N–H and O–H groups in total. The molecule has 19 heavy (non-hydrogen) atoms. The van der Waals surface area contributed by atoms with Gasteiger partial charge < -0.3 is 19.6 Å². The number of hydrogen-bond donors (Lipinski definition) is 2. The van der Waals surface area contributed by atoms with Gasteiger partial charge in [0.25, 0.3) is 5.56 Å². The fourth-order valence-corrected chi connectivity index (χ4v) is 2.43. The van der Waals surface area contributed by atoms with Crippen molar-refractivity contribution in [1.29, 1.82) is 0 Å². The summed E-state index contributed by atoms with van der Waals surface area (Å²) in [6, 6.07) is 8.56. The van der Waals surface area contributed by atoms with Crippen LogP contribution in [0.1, 0.15) is 0 Å². The Kier molecular flexibility index (Phi) is 1.84. The number of H-pyrrole nitrogens is 1. The first kappa shape index (κ1) is 10.3. The van der Waals surface area contributed by atoms with E-state index in [1.54, 1.807) is 18.2 Å². The zero-order valence-electron chi connectivity index (χ0n) is 9.77. The van der Waals surface area contributed by atoms with Gasteiger partial charge in [0.15, 0.2) is 11.5 Å². The number of aromatic hydroxyl groups is 1. The van der Waals surface area contributed by atoms with Gasteiger partial charge >= 0.3 is 0 Å². The molecule has 0 atom stereocenters. The van der Waals surface area contributed by atoms with E-state index in [1.165, 1.54) is 6.07 Å². The van der Waals surface area contributed by atoms with Crippen LogP contribution in [-0.4, -0.2) is 16.9 Å². The minimum atomic E-state index is -0.262. The number of para-hydroxylation sites is 1. The largest absolute Gasteiger partial charge is 0.506 e. The number of phenols is 1. The number of aromatic amines is 1. The van der Waals surface area contributed by atoms with Gasteiger partial charge in [0.05, 0.1) is 10.9 Å². The number of ether oxygens (including phenoxy) is 2. The maximum atomic E-state index is 12.1. The Morgan fingerprint density at radius 3 is 2.58 bits per heavy atom. The highest BCUT2D eigenvalue weighted by Crippen LogP contribution is 2.37. The number of phenolic OH excluding ortho intramolecular Hbond substituents is 1. The number of fused-ring (bicyclic) bond motifs is 4. The SMILES string of the molecule is O=c1[nH]c2c(O)cccc2c2cc3c(cc12)OCO3. The molecule has 0 amide bonds. The third-order valence-corrected chi connectivity index (χ3v) is 3.33. The maximum absolute atomic E-state index is 12.1. The molecule has 0 radical (unpaired) electrons. The summed E-state index contributed by atoms with van der Waals surface area (Å²) in [5, 5.41) is 11.8. The Balaban J connectivity index is 2.26. The van der Waals surface area contributed by atoms with Gasteiger partial charge in [0.2, 0.25) is 6.79 Å². The molecule has 1 aliphatic heterocycles. The lowest BCUT2D eigenvalue weighted by Crippen LogP contribution is -2.06. The van der Waals surface area contributed by atoms with Gasteiger partial charge in [-0.2, -0.15) is 0 Å². The summed E-state index contributed by atoms with van der Waals surface area (Å²) in [4.78, 5) is 14.8. The summed E-state index contributed by atoms with van der Waals surface area (Å²) in [7, 11) is 0. The number of nitrogens with one attached hydrogen (secondary N) is 1. The van der Waals surface area contributed by atoms with E-state index in [4.69, 9.17) is 9.47 Å². The van der Waals surface area contributed by atoms with E-state index < -0.39 is 0 Å². The molecule has 0 unspecified atom stereocenters. The van der Waals surface area contributed by atoms with Crippen LogP contribution in [0.25, 0.3) is 21.7 Å². The van der Waals surface area contributed by atoms with Crippen LogP contribution in [0.3, 0.4) is 0 Å². The van der Waals surface area contributed by atoms with Crippen LogP contribution < -0.4 is 15.0 Å². The Hall–Kier alpha value is -2.69. The van der Waals surface area contributed by atoms with E-state index >= 15 is 0 Å². The molecule has 1 aromatic heterocycles. The van der Waals surface area contributed by atoms with Crippen LogP contribution >= 0.6 is 0 Å². The predicted molar refractivity (Wildman–Crippen MR) is 69.9 cm³/mol. The van der Waals surface area contributed by atoms with Gasteiger partial charge in [-0.1, -0.05) is 12.1 Å². The molecule has 4 rings (SSSR count). The molecule has 5 nitrogen and oxygen atoms in total. The molecule has 0 bridgehead atoms. The summed E-state index contributed by atoms with van der Waals surface area (Å²) < 4.78 is 10.6. The molecular formula is C14H9NO4. The van der Waals surface area contributed by atoms with E-state index in [1.807, 2.05) is 6.07 Å². The molecule has 2 heterocycles. The molecule has 3 aromatic rings. The Morgan fingerprint density at radius 1 is 1.05 bits per heavy atom. The van der Waals surface area contributed by atoms with E-state index in [0.717, 1.165) is 10.8 Å². The lowest BCUT2D eigenvalue weighted by atomic mass is 10.1. The van der Waals surface area contributed by atoms with Gasteiger partial charge in [0, 0.05) is 10.8 Å². The summed E-state index contributed by atoms with van der Waals surface area (Å²) >= 11 is 0. The lowest BCUT2D eigenvalue weighted by Gasteiger charge is -2.06. The van der Waals surface area contributed by atoms with Crippen molar-refractivity contribution in [2.75, 3.05) is 6.79 Å². The van der Waals surface area contributed by atoms with Crippen LogP contribution in [0, 0.1) is 0 Å². The van der Waals surface area contributed by atoms with Crippen LogP contribution in [-0.2, 0) is 0 Å². The van der Waals surface area contributed by atoms with Crippen molar-refractivity contribution in [3.8, 4) is 17.2 Å². The van der Waals surface area contributed by atoms with Crippen molar-refractivity contribution < 1.29 is 14.6 Å². The summed E-state index contributed by atoms with van der Waals surface area (Å²) in [6.45, 7) is 0.159. The van der Waals surface area contributed by atoms with Crippen molar-refractivity contribution in [3.05, 3.63) is 40.7 Å². The van der Waals surface area contributed by atoms with Crippen molar-refractivity contribution in [2.45, 2.75) is 0 Å². The zero-order valence-corrected chi connectivity index (χ0v) is 9.77. The van der Waals surface area contributed by atoms with Crippen LogP contribution in [0.5, 0.6) is 17.2 Å². The molecule has 5 heteroatoms. The fourth-order valence-electron chi connectivity index (χ4n) is 2.43. The predicted octanol–water partition coefficient (Wildman–Crippen LogP) is 2.12. The van der Waals surface area contributed by atoms with Crippen LogP contribution in [0.2, 0.25) is 0 Å². The minimum Gasteiger partial charge on any atom is -0.506 e. The Labute approximate surface area is 107 Å². The lowest BCUT2D eigenvalue weighted by molar-refractivity contribution is 0.174. The second kappa shape index (κ2) is 3.41. The first-order valence-corrected chi connectivity index (χ1v) is 5.81. The second-order valence-corrected chi connectivity index (χ2v) is 4.40. The second-order valence-electron chi connectivity index (χ2n) is 4.40. The third-order valence-electron chi connectivity index (χ3n) is 3.33. The Bertz CT molecular complexity index is 882. The molecule has 1 aliphatic rings. The zero-order chi connectivity index (χ0) is 13.0. The molecule has 0 aliphatic carbocycles. The van der Waals surface area contributed by atoms with Crippen molar-refractivity contribution in [3.63, 3.8) is 0 Å². The average Bonchev–Trinajstić information content (AvgIpc) is 2.86. The number of rotatable bonds is 0. The topological polar surface area (TPSA) is 71.6 Å². The highest BCUT2D eigenvalue weighted by atomic mass is 16.7. The van der Waals surface area contributed by atoms with Gasteiger partial charge in [-0.3, -0.25) is 4.79 Å². The quantitative estimate of drug-likeness (QED) is 0.603. The normalized spacial score (nSPS) is 13.3. The van der Waals surface area contributed by atoms with Gasteiger partial charge in [0.1, 0.15) is 5.75 Å². The van der Waals surface area contributed by atoms with Crippen molar-refractivity contribution in [1.82, 2.24) is 4.98 Å². The Morgan fingerprint density at radius 2 is 1.79 bits per heavy atom. The van der Waals surface area contributed by atoms with E-state index in [-0.39, 0.29) is 18.1 Å². The molecular weight excluding hydrogens is 246 g/mol. The maximum Gasteiger partial charge on any atom is 0.256 e. The first-order valence-electron chi connectivity index (χ1n) is 5.81. The minimum absolute atomic E-state index is 0.0502. The standard InChI is InChI=1S/C14H9NO4/c16-10-3-1-2-7-8-4-11-12(19-6-18-11)5-9(8)14(17)15-13(7)10/h1-5,16H,6H2,(H,15,17). The number of pyridine rings is 1. The van der Waals surface area contributed by atoms with Crippen molar-refractivity contribution >= 4 is 21.7 Å². The van der Waals surface area contributed by atoms with E-state index in [0.29, 0.717) is 22.4 Å². The number of benzene rings is 2. The average molecular weight is 255 g/mol. The molecule has 0 saturated carbocycles. The van der Waals surface area contributed by atoms with Crippen LogP contribution in [0.4, 0.5) is 0 Å². The highest BCUT2D eigenvalue weighted by molar-refractivity contribution is 6.08. The first-order chi connectivity index (χ1) is 9.24. The van der Waals surface area contributed by atoms with Gasteiger partial charge in [-0.25, -0.2) is 0 Å². The van der Waals surface area contributed by atoms with Gasteiger partial charge in [-0.05, 0) is 18.2 Å². The third kappa shape index (κ3) is 1.32. The molecule has 94 valence electrons. The van der Waals surface area contributed by atoms with E-state index in [9.17, 15) is 9.90 Å². The van der Waals surface area contributed by atoms with E-state index in [2.05, 4.69) is 4.98 Å².